The van der Waals surface area contributed by atoms with E-state index in [9.17, 15) is 4.79 Å². The largest absolute Gasteiger partial charge is 0.391 e. The Bertz CT molecular complexity index is 882. The topological polar surface area (TPSA) is 137 Å². The summed E-state index contributed by atoms with van der Waals surface area (Å²) in [6.45, 7) is 9.07. The number of nitrogens with two attached hydrogens (primary N) is 2. The fraction of sp³-hybridized carbons (Fsp3) is 0.545. The van der Waals surface area contributed by atoms with Crippen LogP contribution in [-0.4, -0.2) is 60.7 Å². The first-order chi connectivity index (χ1) is 14.5. The van der Waals surface area contributed by atoms with Gasteiger partial charge in [-0.25, -0.2) is 9.78 Å². The van der Waals surface area contributed by atoms with E-state index in [2.05, 4.69) is 47.9 Å². The van der Waals surface area contributed by atoms with Crippen LogP contribution in [0.5, 0.6) is 0 Å². The zero-order valence-corrected chi connectivity index (χ0v) is 19.4. The van der Waals surface area contributed by atoms with Gasteiger partial charge in [-0.15, -0.1) is 0 Å². The summed E-state index contributed by atoms with van der Waals surface area (Å²) in [7, 11) is 3.60. The molecule has 1 aliphatic rings. The Morgan fingerprint density at radius 2 is 2.16 bits per heavy atom. The molecule has 2 atom stereocenters. The summed E-state index contributed by atoms with van der Waals surface area (Å²) in [6.07, 6.45) is 6.26. The molecule has 0 aliphatic carbocycles. The number of aliphatic imine (C=N–C) groups is 1. The van der Waals surface area contributed by atoms with Crippen LogP contribution in [0.1, 0.15) is 49.0 Å². The normalized spacial score (nSPS) is 20.4. The molecular weight excluding hydrogens is 392 g/mol. The van der Waals surface area contributed by atoms with Crippen molar-refractivity contribution in [2.75, 3.05) is 31.3 Å². The number of rotatable bonds is 5. The third-order valence-electron chi connectivity index (χ3n) is 5.71. The number of aromatic nitrogens is 1. The van der Waals surface area contributed by atoms with E-state index >= 15 is 0 Å². The number of hydrogen-bond acceptors (Lipinski definition) is 6. The van der Waals surface area contributed by atoms with Crippen molar-refractivity contribution < 1.29 is 7.65 Å². The van der Waals surface area contributed by atoms with Crippen LogP contribution >= 0.6 is 0 Å². The number of nitrogens with one attached hydrogen (secondary N) is 2. The summed E-state index contributed by atoms with van der Waals surface area (Å²) < 4.78 is 0. The fourth-order valence-corrected chi connectivity index (χ4v) is 3.83. The summed E-state index contributed by atoms with van der Waals surface area (Å²) in [5, 5.41) is 10.6. The van der Waals surface area contributed by atoms with Crippen molar-refractivity contribution in [2.45, 2.75) is 52.6 Å². The molecule has 9 nitrogen and oxygen atoms in total. The number of amidine groups is 1. The molecular formula is C22H40N8O. The van der Waals surface area contributed by atoms with Crippen molar-refractivity contribution in [3.63, 3.8) is 0 Å². The zero-order valence-electron chi connectivity index (χ0n) is 19.4. The van der Waals surface area contributed by atoms with E-state index in [1.807, 2.05) is 13.1 Å². The zero-order chi connectivity index (χ0) is 23.3. The SMILES string of the molecule is CN/C(=C\C(N)=N/C(=O)N(C)[C@H]1CCN(c2cnc(N)c(C=N)c2)[C@@H](C)C1)C(C)(C)C.[HH].[HH]. The summed E-state index contributed by atoms with van der Waals surface area (Å²) in [5.74, 6) is 0.540. The van der Waals surface area contributed by atoms with Crippen molar-refractivity contribution >= 4 is 29.6 Å². The highest BCUT2D eigenvalue weighted by Gasteiger charge is 2.30. The van der Waals surface area contributed by atoms with E-state index in [4.69, 9.17) is 16.9 Å². The van der Waals surface area contributed by atoms with E-state index < -0.39 is 0 Å². The number of carbonyl (C=O) groups excluding carboxylic acids is 1. The number of anilines is 2. The second-order valence-corrected chi connectivity index (χ2v) is 9.02. The number of nitrogens with zero attached hydrogens (tertiary/aromatic N) is 4. The molecule has 1 aliphatic heterocycles. The lowest BCUT2D eigenvalue weighted by Crippen LogP contribution is -2.49. The molecule has 0 bridgehead atoms. The maximum absolute atomic E-state index is 12.7. The van der Waals surface area contributed by atoms with Crippen molar-refractivity contribution in [1.82, 2.24) is 15.2 Å². The highest BCUT2D eigenvalue weighted by molar-refractivity contribution is 6.00. The van der Waals surface area contributed by atoms with Gasteiger partial charge in [-0.3, -0.25) is 0 Å². The van der Waals surface area contributed by atoms with E-state index in [0.717, 1.165) is 30.8 Å². The molecule has 9 heteroatoms. The Morgan fingerprint density at radius 1 is 1.48 bits per heavy atom. The van der Waals surface area contributed by atoms with Crippen molar-refractivity contribution in [3.8, 4) is 0 Å². The minimum atomic E-state index is -0.344. The number of amides is 2. The van der Waals surface area contributed by atoms with Crippen LogP contribution in [0.25, 0.3) is 0 Å². The lowest BCUT2D eigenvalue weighted by molar-refractivity contribution is 0.183. The van der Waals surface area contributed by atoms with Gasteiger partial charge in [0, 0.05) is 58.5 Å². The van der Waals surface area contributed by atoms with Crippen LogP contribution < -0.4 is 21.7 Å². The summed E-state index contributed by atoms with van der Waals surface area (Å²) in [5.41, 5.74) is 14.2. The molecule has 1 aromatic rings. The quantitative estimate of drug-likeness (QED) is 0.417. The number of allylic oxidation sites excluding steroid dienone is 1. The average Bonchev–Trinajstić information content (AvgIpc) is 2.71. The number of urea groups is 1. The van der Waals surface area contributed by atoms with Gasteiger partial charge < -0.3 is 32.0 Å². The average molecular weight is 433 g/mol. The van der Waals surface area contributed by atoms with Gasteiger partial charge in [-0.05, 0) is 31.9 Å². The van der Waals surface area contributed by atoms with Gasteiger partial charge in [-0.1, -0.05) is 20.8 Å². The van der Waals surface area contributed by atoms with Crippen LogP contribution in [0.3, 0.4) is 0 Å². The first-order valence-electron chi connectivity index (χ1n) is 10.5. The Labute approximate surface area is 188 Å². The van der Waals surface area contributed by atoms with Crippen LogP contribution in [0.2, 0.25) is 0 Å². The smallest absolute Gasteiger partial charge is 0.345 e. The molecule has 0 saturated carbocycles. The van der Waals surface area contributed by atoms with Crippen LogP contribution in [0.15, 0.2) is 29.0 Å². The maximum atomic E-state index is 12.7. The number of nitrogen functional groups attached to an aromatic ring is 1. The minimum Gasteiger partial charge on any atom is -0.391 e. The highest BCUT2D eigenvalue weighted by atomic mass is 16.2. The maximum Gasteiger partial charge on any atom is 0.345 e. The molecule has 2 heterocycles. The number of piperidine rings is 1. The minimum absolute atomic E-state index is 0. The Balaban J connectivity index is 0.00000512. The molecule has 1 fully saturated rings. The Kier molecular flexibility index (Phi) is 7.65. The fourth-order valence-electron chi connectivity index (χ4n) is 3.83. The predicted octanol–water partition coefficient (Wildman–Crippen LogP) is 3.07. The van der Waals surface area contributed by atoms with Crippen LogP contribution in [-0.2, 0) is 0 Å². The lowest BCUT2D eigenvalue weighted by atomic mass is 9.91. The first kappa shape index (κ1) is 24.2. The summed E-state index contributed by atoms with van der Waals surface area (Å²) in [6, 6.07) is 1.79. The third kappa shape index (κ3) is 5.96. The molecule has 0 spiro atoms. The first-order valence-corrected chi connectivity index (χ1v) is 10.5. The highest BCUT2D eigenvalue weighted by Crippen LogP contribution is 2.28. The van der Waals surface area contributed by atoms with Crippen molar-refractivity contribution in [1.29, 1.82) is 5.41 Å². The Morgan fingerprint density at radius 3 is 2.71 bits per heavy atom. The van der Waals surface area contributed by atoms with Crippen molar-refractivity contribution in [3.05, 3.63) is 29.6 Å². The van der Waals surface area contributed by atoms with E-state index in [0.29, 0.717) is 11.4 Å². The van der Waals surface area contributed by atoms with Gasteiger partial charge in [0.2, 0.25) is 0 Å². The molecule has 174 valence electrons. The molecule has 0 unspecified atom stereocenters. The van der Waals surface area contributed by atoms with E-state index in [1.165, 1.54) is 6.21 Å². The Hall–Kier alpha value is -3.10. The summed E-state index contributed by atoms with van der Waals surface area (Å²) >= 11 is 0. The molecule has 2 amide bonds. The second-order valence-electron chi connectivity index (χ2n) is 9.02. The molecule has 1 aromatic heterocycles. The third-order valence-corrected chi connectivity index (χ3v) is 5.71. The van der Waals surface area contributed by atoms with Crippen LogP contribution in [0, 0.1) is 10.8 Å². The van der Waals surface area contributed by atoms with E-state index in [-0.39, 0.29) is 32.2 Å². The van der Waals surface area contributed by atoms with Gasteiger partial charge in [-0.2, -0.15) is 4.99 Å². The molecule has 1 saturated heterocycles. The molecule has 6 N–H and O–H groups in total. The van der Waals surface area contributed by atoms with Gasteiger partial charge in [0.05, 0.1) is 11.9 Å². The molecule has 0 radical (unpaired) electrons. The standard InChI is InChI=1S/C22H36N8O.2H2/c1-14-9-16(7-8-30(14)17-10-15(12-23)20(25)27-13-17)29(6)21(31)28-19(24)11-18(26-5)22(2,3)4;;/h10-14,16,23,26H,7-9H2,1-6H3,(H2,25,27)(H2,24,28,31);2*1H/b18-11-,23-12?;;/t14-,16-;;/m0../s1. The van der Waals surface area contributed by atoms with Gasteiger partial charge >= 0.3 is 6.03 Å². The van der Waals surface area contributed by atoms with E-state index in [1.54, 1.807) is 24.2 Å². The number of carbonyl (C=O) groups is 1. The second kappa shape index (κ2) is 9.80. The number of hydrogen-bond donors (Lipinski definition) is 4. The van der Waals surface area contributed by atoms with Gasteiger partial charge in [0.1, 0.15) is 11.7 Å². The van der Waals surface area contributed by atoms with Crippen molar-refractivity contribution in [2.24, 2.45) is 16.1 Å². The van der Waals surface area contributed by atoms with Gasteiger partial charge in [0.15, 0.2) is 0 Å². The monoisotopic (exact) mass is 432 g/mol. The predicted molar refractivity (Wildman–Crippen MR) is 132 cm³/mol. The molecule has 0 aromatic carbocycles. The van der Waals surface area contributed by atoms with Crippen LogP contribution in [0.4, 0.5) is 16.3 Å². The van der Waals surface area contributed by atoms with Gasteiger partial charge in [0.25, 0.3) is 0 Å². The lowest BCUT2D eigenvalue weighted by Gasteiger charge is -2.41. The molecule has 2 rings (SSSR count). The number of pyridine rings is 1. The summed E-state index contributed by atoms with van der Waals surface area (Å²) in [4.78, 5) is 24.9. The molecule has 31 heavy (non-hydrogen) atoms.